The summed E-state index contributed by atoms with van der Waals surface area (Å²) in [7, 11) is 0. The largest absolute Gasteiger partial charge is 0.329 e. The average molecular weight is 496 g/mol. The van der Waals surface area contributed by atoms with Crippen molar-refractivity contribution in [1.82, 2.24) is 24.6 Å². The van der Waals surface area contributed by atoms with Crippen molar-refractivity contribution in [3.63, 3.8) is 0 Å². The highest BCUT2D eigenvalue weighted by molar-refractivity contribution is 6.00. The van der Waals surface area contributed by atoms with Gasteiger partial charge in [0.05, 0.1) is 28.7 Å². The lowest BCUT2D eigenvalue weighted by molar-refractivity contribution is 0.0686. The van der Waals surface area contributed by atoms with Crippen LogP contribution < -0.4 is 5.56 Å². The Morgan fingerprint density at radius 1 is 1.05 bits per heavy atom. The molecule has 2 heterocycles. The van der Waals surface area contributed by atoms with Crippen LogP contribution >= 0.6 is 0 Å². The molecule has 7 nitrogen and oxygen atoms in total. The minimum atomic E-state index is -0.353. The fourth-order valence-corrected chi connectivity index (χ4v) is 4.28. The Labute approximate surface area is 213 Å². The smallest absolute Gasteiger partial charge is 0.258 e. The van der Waals surface area contributed by atoms with Crippen molar-refractivity contribution in [2.45, 2.75) is 33.4 Å². The van der Waals surface area contributed by atoms with E-state index in [1.165, 1.54) is 12.1 Å². The molecule has 0 saturated carbocycles. The highest BCUT2D eigenvalue weighted by atomic mass is 19.1. The molecule has 37 heavy (non-hydrogen) atoms. The van der Waals surface area contributed by atoms with Gasteiger partial charge in [-0.3, -0.25) is 9.59 Å². The van der Waals surface area contributed by atoms with Gasteiger partial charge in [-0.15, -0.1) is 0 Å². The number of amides is 1. The molecule has 0 aliphatic heterocycles. The molecule has 0 aliphatic rings. The van der Waals surface area contributed by atoms with Gasteiger partial charge >= 0.3 is 0 Å². The number of rotatable bonds is 6. The quantitative estimate of drug-likeness (QED) is 0.348. The number of benzene rings is 3. The van der Waals surface area contributed by atoms with Crippen molar-refractivity contribution in [2.75, 3.05) is 0 Å². The standard InChI is InChI=1S/C29H26FN5O2/c1-18(2)34(17-26-31-25-10-5-4-9-23(25)28(36)32-26)29(37)24-16-35(22-13-11-21(30)12-14-22)33-27(24)20-8-6-7-19(3)15-20/h4-16,18H,17H2,1-3H3,(H,31,32,36). The maximum absolute atomic E-state index is 14.0. The molecule has 0 atom stereocenters. The van der Waals surface area contributed by atoms with E-state index in [0.29, 0.717) is 33.7 Å². The van der Waals surface area contributed by atoms with Crippen LogP contribution in [0.2, 0.25) is 0 Å². The van der Waals surface area contributed by atoms with Crippen LogP contribution in [0.5, 0.6) is 0 Å². The lowest BCUT2D eigenvalue weighted by atomic mass is 10.0. The number of halogens is 1. The van der Waals surface area contributed by atoms with E-state index in [2.05, 4.69) is 9.97 Å². The normalized spacial score (nSPS) is 11.3. The van der Waals surface area contributed by atoms with Crippen LogP contribution in [0.1, 0.15) is 35.6 Å². The molecule has 0 aliphatic carbocycles. The topological polar surface area (TPSA) is 83.9 Å². The predicted molar refractivity (Wildman–Crippen MR) is 141 cm³/mol. The number of para-hydroxylation sites is 1. The summed E-state index contributed by atoms with van der Waals surface area (Å²) in [5, 5.41) is 5.22. The maximum Gasteiger partial charge on any atom is 0.258 e. The van der Waals surface area contributed by atoms with E-state index in [4.69, 9.17) is 5.10 Å². The summed E-state index contributed by atoms with van der Waals surface area (Å²) in [5.74, 6) is -0.210. The van der Waals surface area contributed by atoms with E-state index in [9.17, 15) is 14.0 Å². The van der Waals surface area contributed by atoms with Gasteiger partial charge in [-0.05, 0) is 63.2 Å². The number of nitrogens with zero attached hydrogens (tertiary/aromatic N) is 4. The fourth-order valence-electron chi connectivity index (χ4n) is 4.28. The summed E-state index contributed by atoms with van der Waals surface area (Å²) < 4.78 is 15.1. The number of fused-ring (bicyclic) bond motifs is 1. The summed E-state index contributed by atoms with van der Waals surface area (Å²) in [6.07, 6.45) is 1.67. The third-order valence-electron chi connectivity index (χ3n) is 6.19. The van der Waals surface area contributed by atoms with E-state index in [1.54, 1.807) is 46.1 Å². The maximum atomic E-state index is 14.0. The first kappa shape index (κ1) is 24.1. The van der Waals surface area contributed by atoms with Crippen molar-refractivity contribution in [1.29, 1.82) is 0 Å². The molecule has 0 spiro atoms. The van der Waals surface area contributed by atoms with Crippen LogP contribution in [0.3, 0.4) is 0 Å². The Kier molecular flexibility index (Phi) is 6.40. The Balaban J connectivity index is 1.58. The van der Waals surface area contributed by atoms with E-state index in [0.717, 1.165) is 11.1 Å². The van der Waals surface area contributed by atoms with Crippen LogP contribution in [-0.4, -0.2) is 36.6 Å². The highest BCUT2D eigenvalue weighted by Crippen LogP contribution is 2.27. The molecule has 5 aromatic rings. The molecule has 3 aromatic carbocycles. The van der Waals surface area contributed by atoms with Gasteiger partial charge in [-0.1, -0.05) is 35.9 Å². The number of hydrogen-bond donors (Lipinski definition) is 1. The molecular weight excluding hydrogens is 469 g/mol. The van der Waals surface area contributed by atoms with Gasteiger partial charge in [0.2, 0.25) is 0 Å². The van der Waals surface area contributed by atoms with E-state index in [-0.39, 0.29) is 29.9 Å². The first-order chi connectivity index (χ1) is 17.8. The molecule has 5 rings (SSSR count). The summed E-state index contributed by atoms with van der Waals surface area (Å²) >= 11 is 0. The zero-order valence-corrected chi connectivity index (χ0v) is 20.8. The number of hydrogen-bond acceptors (Lipinski definition) is 4. The molecule has 1 amide bonds. The van der Waals surface area contributed by atoms with Gasteiger partial charge in [0.15, 0.2) is 0 Å². The van der Waals surface area contributed by atoms with Gasteiger partial charge in [0, 0.05) is 17.8 Å². The van der Waals surface area contributed by atoms with Crippen molar-refractivity contribution in [2.24, 2.45) is 0 Å². The zero-order valence-electron chi connectivity index (χ0n) is 20.8. The van der Waals surface area contributed by atoms with Crippen LogP contribution in [0.15, 0.2) is 83.8 Å². The third-order valence-corrected chi connectivity index (χ3v) is 6.19. The number of carbonyl (C=O) groups excluding carboxylic acids is 1. The molecule has 0 radical (unpaired) electrons. The van der Waals surface area contributed by atoms with Crippen molar-refractivity contribution >= 4 is 16.8 Å². The number of H-pyrrole nitrogens is 1. The Morgan fingerprint density at radius 2 is 1.81 bits per heavy atom. The average Bonchev–Trinajstić information content (AvgIpc) is 3.33. The molecule has 1 N–H and O–H groups in total. The zero-order chi connectivity index (χ0) is 26.1. The number of aromatic nitrogens is 4. The van der Waals surface area contributed by atoms with Gasteiger partial charge in [0.25, 0.3) is 11.5 Å². The van der Waals surface area contributed by atoms with Crippen LogP contribution in [0, 0.1) is 12.7 Å². The van der Waals surface area contributed by atoms with Crippen LogP contribution in [-0.2, 0) is 6.54 Å². The molecule has 186 valence electrons. The Morgan fingerprint density at radius 3 is 2.54 bits per heavy atom. The second-order valence-electron chi connectivity index (χ2n) is 9.24. The van der Waals surface area contributed by atoms with Gasteiger partial charge in [-0.2, -0.15) is 5.10 Å². The van der Waals surface area contributed by atoms with Crippen molar-refractivity contribution in [3.8, 4) is 16.9 Å². The molecule has 0 bridgehead atoms. The summed E-state index contributed by atoms with van der Waals surface area (Å²) in [6, 6.07) is 20.6. The van der Waals surface area contributed by atoms with Gasteiger partial charge in [-0.25, -0.2) is 14.1 Å². The third kappa shape index (κ3) is 4.91. The fraction of sp³-hybridized carbons (Fsp3) is 0.172. The minimum Gasteiger partial charge on any atom is -0.329 e. The molecule has 0 saturated heterocycles. The van der Waals surface area contributed by atoms with Gasteiger partial charge in [0.1, 0.15) is 17.3 Å². The second-order valence-corrected chi connectivity index (χ2v) is 9.24. The lowest BCUT2D eigenvalue weighted by Crippen LogP contribution is -2.37. The van der Waals surface area contributed by atoms with E-state index < -0.39 is 0 Å². The number of carbonyl (C=O) groups is 1. The number of aryl methyl sites for hydroxylation is 1. The highest BCUT2D eigenvalue weighted by Gasteiger charge is 2.26. The number of nitrogens with one attached hydrogen (secondary N) is 1. The monoisotopic (exact) mass is 495 g/mol. The molecule has 0 fully saturated rings. The summed E-state index contributed by atoms with van der Waals surface area (Å²) in [4.78, 5) is 35.7. The molecule has 2 aromatic heterocycles. The van der Waals surface area contributed by atoms with Crippen molar-refractivity contribution in [3.05, 3.63) is 112 Å². The first-order valence-corrected chi connectivity index (χ1v) is 12.0. The SMILES string of the molecule is Cc1cccc(-c2nn(-c3ccc(F)cc3)cc2C(=O)N(Cc2nc3ccccc3c(=O)[nH]2)C(C)C)c1. The minimum absolute atomic E-state index is 0.117. The first-order valence-electron chi connectivity index (χ1n) is 12.0. The molecular formula is C29H26FN5O2. The Hall–Kier alpha value is -4.59. The summed E-state index contributed by atoms with van der Waals surface area (Å²) in [6.45, 7) is 5.91. The lowest BCUT2D eigenvalue weighted by Gasteiger charge is -2.26. The van der Waals surface area contributed by atoms with E-state index >= 15 is 0 Å². The van der Waals surface area contributed by atoms with Crippen LogP contribution in [0.4, 0.5) is 4.39 Å². The summed E-state index contributed by atoms with van der Waals surface area (Å²) in [5.41, 5.74) is 3.70. The molecule has 0 unspecified atom stereocenters. The second kappa shape index (κ2) is 9.81. The van der Waals surface area contributed by atoms with Crippen LogP contribution in [0.25, 0.3) is 27.8 Å². The molecule has 8 heteroatoms. The number of aromatic amines is 1. The van der Waals surface area contributed by atoms with Crippen molar-refractivity contribution < 1.29 is 9.18 Å². The van der Waals surface area contributed by atoms with Gasteiger partial charge < -0.3 is 9.88 Å². The predicted octanol–water partition coefficient (Wildman–Crippen LogP) is 5.27. The Bertz CT molecular complexity index is 1650. The van der Waals surface area contributed by atoms with E-state index in [1.807, 2.05) is 51.1 Å².